The van der Waals surface area contributed by atoms with Crippen LogP contribution in [0.2, 0.25) is 0 Å². The Balaban J connectivity index is 1.99. The molecular formula is C15H17N3O6S. The minimum Gasteiger partial charge on any atom is -0.481 e. The Morgan fingerprint density at radius 3 is 2.36 bits per heavy atom. The Bertz CT molecular complexity index is 886. The third kappa shape index (κ3) is 4.64. The molecule has 0 aliphatic carbocycles. The van der Waals surface area contributed by atoms with E-state index in [1.165, 1.54) is 12.1 Å². The van der Waals surface area contributed by atoms with E-state index in [9.17, 15) is 23.3 Å². The average molecular weight is 367 g/mol. The number of non-ortho nitro benzene ring substituents is 1. The standard InChI is InChI=1S/C15H17N3O6S/c1-17-11(2-3-13(17)10-15(19)20)8-9-16-25(23,24)14-6-4-12(5-7-14)18(21)22/h2-7,16H,8-10H2,1H3,(H,19,20). The number of carboxylic acids is 1. The van der Waals surface area contributed by atoms with Gasteiger partial charge in [-0.1, -0.05) is 0 Å². The minimum atomic E-state index is -3.77. The highest BCUT2D eigenvalue weighted by Gasteiger charge is 2.16. The summed E-state index contributed by atoms with van der Waals surface area (Å²) in [6.45, 7) is 0.115. The quantitative estimate of drug-likeness (QED) is 0.530. The predicted octanol–water partition coefficient (Wildman–Crippen LogP) is 1.08. The third-order valence-corrected chi connectivity index (χ3v) is 5.17. The van der Waals surface area contributed by atoms with Gasteiger partial charge in [0.2, 0.25) is 10.0 Å². The monoisotopic (exact) mass is 367 g/mol. The fourth-order valence-corrected chi connectivity index (χ4v) is 3.36. The van der Waals surface area contributed by atoms with Crippen LogP contribution < -0.4 is 4.72 Å². The van der Waals surface area contributed by atoms with Crippen LogP contribution >= 0.6 is 0 Å². The maximum Gasteiger partial charge on any atom is 0.309 e. The Kier molecular flexibility index (Phi) is 5.55. The van der Waals surface area contributed by atoms with E-state index < -0.39 is 20.9 Å². The van der Waals surface area contributed by atoms with Crippen LogP contribution in [0, 0.1) is 10.1 Å². The van der Waals surface area contributed by atoms with E-state index >= 15 is 0 Å². The summed E-state index contributed by atoms with van der Waals surface area (Å²) in [5, 5.41) is 19.4. The number of hydrogen-bond donors (Lipinski definition) is 2. The van der Waals surface area contributed by atoms with Crippen LogP contribution in [0.25, 0.3) is 0 Å². The number of aliphatic carboxylic acids is 1. The molecule has 0 amide bonds. The van der Waals surface area contributed by atoms with Crippen molar-refractivity contribution in [1.29, 1.82) is 0 Å². The molecule has 0 unspecified atom stereocenters. The van der Waals surface area contributed by atoms with Crippen LogP contribution in [0.5, 0.6) is 0 Å². The van der Waals surface area contributed by atoms with Crippen molar-refractivity contribution in [1.82, 2.24) is 9.29 Å². The molecule has 10 heteroatoms. The lowest BCUT2D eigenvalue weighted by atomic mass is 10.3. The molecule has 9 nitrogen and oxygen atoms in total. The number of nitrogens with one attached hydrogen (secondary N) is 1. The lowest BCUT2D eigenvalue weighted by Gasteiger charge is -2.09. The van der Waals surface area contributed by atoms with Gasteiger partial charge in [-0.3, -0.25) is 14.9 Å². The molecule has 0 saturated carbocycles. The fourth-order valence-electron chi connectivity index (χ4n) is 2.33. The van der Waals surface area contributed by atoms with E-state index in [1.807, 2.05) is 0 Å². The molecule has 0 aliphatic heterocycles. The van der Waals surface area contributed by atoms with Crippen molar-refractivity contribution in [2.75, 3.05) is 6.54 Å². The fraction of sp³-hybridized carbons (Fsp3) is 0.267. The highest BCUT2D eigenvalue weighted by Crippen LogP contribution is 2.16. The molecule has 0 saturated heterocycles. The van der Waals surface area contributed by atoms with Crippen molar-refractivity contribution in [2.45, 2.75) is 17.7 Å². The van der Waals surface area contributed by atoms with Crippen LogP contribution in [0.3, 0.4) is 0 Å². The summed E-state index contributed by atoms with van der Waals surface area (Å²) in [7, 11) is -2.05. The molecule has 2 N–H and O–H groups in total. The van der Waals surface area contributed by atoms with E-state index in [4.69, 9.17) is 5.11 Å². The van der Waals surface area contributed by atoms with Gasteiger partial charge in [0.1, 0.15) is 0 Å². The molecule has 0 spiro atoms. The molecule has 1 aromatic carbocycles. The van der Waals surface area contributed by atoms with E-state index in [-0.39, 0.29) is 23.5 Å². The van der Waals surface area contributed by atoms with Crippen LogP contribution in [0.4, 0.5) is 5.69 Å². The molecule has 0 atom stereocenters. The highest BCUT2D eigenvalue weighted by molar-refractivity contribution is 7.89. The van der Waals surface area contributed by atoms with E-state index in [0.29, 0.717) is 12.1 Å². The molecular weight excluding hydrogens is 350 g/mol. The maximum atomic E-state index is 12.2. The van der Waals surface area contributed by atoms with Crippen molar-refractivity contribution < 1.29 is 23.2 Å². The first-order valence-corrected chi connectivity index (χ1v) is 8.78. The topological polar surface area (TPSA) is 132 Å². The summed E-state index contributed by atoms with van der Waals surface area (Å²) in [6.07, 6.45) is 0.271. The van der Waals surface area contributed by atoms with Crippen molar-refractivity contribution >= 4 is 21.7 Å². The Morgan fingerprint density at radius 2 is 1.80 bits per heavy atom. The molecule has 134 valence electrons. The molecule has 0 radical (unpaired) electrons. The van der Waals surface area contributed by atoms with Gasteiger partial charge in [-0.25, -0.2) is 13.1 Å². The summed E-state index contributed by atoms with van der Waals surface area (Å²) in [5.74, 6) is -0.938. The number of aromatic nitrogens is 1. The smallest absolute Gasteiger partial charge is 0.309 e. The largest absolute Gasteiger partial charge is 0.481 e. The van der Waals surface area contributed by atoms with Crippen LogP contribution in [0.1, 0.15) is 11.4 Å². The van der Waals surface area contributed by atoms with Crippen molar-refractivity contribution in [3.63, 3.8) is 0 Å². The number of nitrogens with zero attached hydrogens (tertiary/aromatic N) is 2. The first-order valence-electron chi connectivity index (χ1n) is 7.30. The molecule has 1 heterocycles. The average Bonchev–Trinajstić information content (AvgIpc) is 2.87. The molecule has 0 aliphatic rings. The first-order chi connectivity index (χ1) is 11.7. The molecule has 2 aromatic rings. The van der Waals surface area contributed by atoms with Gasteiger partial charge in [0, 0.05) is 43.5 Å². The molecule has 1 aromatic heterocycles. The number of sulfonamides is 1. The second-order valence-corrected chi connectivity index (χ2v) is 7.11. The predicted molar refractivity (Wildman–Crippen MR) is 88.7 cm³/mol. The van der Waals surface area contributed by atoms with E-state index in [1.54, 1.807) is 23.7 Å². The van der Waals surface area contributed by atoms with Gasteiger partial charge >= 0.3 is 5.97 Å². The second kappa shape index (κ2) is 7.45. The lowest BCUT2D eigenvalue weighted by Crippen LogP contribution is -2.26. The van der Waals surface area contributed by atoms with Gasteiger partial charge in [0.25, 0.3) is 5.69 Å². The van der Waals surface area contributed by atoms with Crippen LogP contribution in [-0.2, 0) is 34.7 Å². The molecule has 2 rings (SSSR count). The number of hydrogen-bond acceptors (Lipinski definition) is 5. The number of benzene rings is 1. The van der Waals surface area contributed by atoms with Crippen molar-refractivity contribution in [2.24, 2.45) is 7.05 Å². The van der Waals surface area contributed by atoms with E-state index in [0.717, 1.165) is 17.8 Å². The summed E-state index contributed by atoms with van der Waals surface area (Å²) in [4.78, 5) is 20.7. The first kappa shape index (κ1) is 18.6. The van der Waals surface area contributed by atoms with Gasteiger partial charge in [-0.05, 0) is 24.3 Å². The Hall–Kier alpha value is -2.72. The molecule has 0 bridgehead atoms. The van der Waals surface area contributed by atoms with Crippen LogP contribution in [-0.4, -0.2) is 35.5 Å². The van der Waals surface area contributed by atoms with Gasteiger partial charge in [0.15, 0.2) is 0 Å². The van der Waals surface area contributed by atoms with Gasteiger partial charge in [-0.15, -0.1) is 0 Å². The van der Waals surface area contributed by atoms with Gasteiger partial charge < -0.3 is 9.67 Å². The lowest BCUT2D eigenvalue weighted by molar-refractivity contribution is -0.384. The molecule has 25 heavy (non-hydrogen) atoms. The number of carbonyl (C=O) groups is 1. The summed E-state index contributed by atoms with van der Waals surface area (Å²) in [6, 6.07) is 8.04. The van der Waals surface area contributed by atoms with Crippen LogP contribution in [0.15, 0.2) is 41.3 Å². The molecule has 0 fully saturated rings. The van der Waals surface area contributed by atoms with Crippen molar-refractivity contribution in [3.8, 4) is 0 Å². The Labute approximate surface area is 144 Å². The zero-order valence-electron chi connectivity index (χ0n) is 13.4. The SMILES string of the molecule is Cn1c(CCNS(=O)(=O)c2ccc([N+](=O)[O-])cc2)ccc1CC(=O)O. The number of nitro benzene ring substituents is 1. The highest BCUT2D eigenvalue weighted by atomic mass is 32.2. The summed E-state index contributed by atoms with van der Waals surface area (Å²) in [5.41, 5.74) is 1.23. The normalized spacial score (nSPS) is 11.4. The Morgan fingerprint density at radius 1 is 1.20 bits per heavy atom. The third-order valence-electron chi connectivity index (χ3n) is 3.69. The number of nitro groups is 1. The van der Waals surface area contributed by atoms with Gasteiger partial charge in [-0.2, -0.15) is 0 Å². The maximum absolute atomic E-state index is 12.2. The zero-order chi connectivity index (χ0) is 18.6. The zero-order valence-corrected chi connectivity index (χ0v) is 14.2. The summed E-state index contributed by atoms with van der Waals surface area (Å²) >= 11 is 0. The van der Waals surface area contributed by atoms with Gasteiger partial charge in [0.05, 0.1) is 16.2 Å². The second-order valence-electron chi connectivity index (χ2n) is 5.34. The van der Waals surface area contributed by atoms with E-state index in [2.05, 4.69) is 4.72 Å². The minimum absolute atomic E-state index is 0.0588. The summed E-state index contributed by atoms with van der Waals surface area (Å²) < 4.78 is 28.5. The number of carboxylic acid groups (broad SMARTS) is 1. The number of rotatable bonds is 8. The van der Waals surface area contributed by atoms with Crippen molar-refractivity contribution in [3.05, 3.63) is 57.9 Å².